The van der Waals surface area contributed by atoms with Crippen LogP contribution in [0.5, 0.6) is 0 Å². The van der Waals surface area contributed by atoms with Crippen LogP contribution in [0.15, 0.2) is 33.5 Å². The molecule has 1 aromatic carbocycles. The molecular weight excluding hydrogens is 376 g/mol. The first-order valence-electron chi connectivity index (χ1n) is 9.77. The van der Waals surface area contributed by atoms with E-state index in [1.165, 1.54) is 6.07 Å². The van der Waals surface area contributed by atoms with Crippen molar-refractivity contribution < 1.29 is 23.5 Å². The number of ether oxygens (including phenoxy) is 1. The lowest BCUT2D eigenvalue weighted by Crippen LogP contribution is -2.44. The number of hydrogen-bond donors (Lipinski definition) is 1. The van der Waals surface area contributed by atoms with Gasteiger partial charge in [0.1, 0.15) is 24.3 Å². The molecule has 1 aromatic heterocycles. The summed E-state index contributed by atoms with van der Waals surface area (Å²) in [4.78, 5) is 49.8. The monoisotopic (exact) mass is 398 g/mol. The third-order valence-corrected chi connectivity index (χ3v) is 5.68. The molecule has 0 bridgehead atoms. The minimum atomic E-state index is -0.858. The van der Waals surface area contributed by atoms with E-state index in [2.05, 4.69) is 5.32 Å². The first-order valence-corrected chi connectivity index (χ1v) is 9.77. The average molecular weight is 398 g/mol. The zero-order valence-electron chi connectivity index (χ0n) is 16.2. The molecule has 1 aliphatic heterocycles. The number of urea groups is 1. The maximum absolute atomic E-state index is 12.6. The number of fused-ring (bicyclic) bond motifs is 1. The van der Waals surface area contributed by atoms with Crippen molar-refractivity contribution in [2.45, 2.75) is 51.2 Å². The summed E-state index contributed by atoms with van der Waals surface area (Å²) in [7, 11) is 0. The molecule has 1 saturated carbocycles. The lowest BCUT2D eigenvalue weighted by atomic mass is 9.98. The number of nitrogens with zero attached hydrogens (tertiary/aromatic N) is 1. The summed E-state index contributed by atoms with van der Waals surface area (Å²) < 4.78 is 10.5. The van der Waals surface area contributed by atoms with Gasteiger partial charge in [-0.15, -0.1) is 0 Å². The van der Waals surface area contributed by atoms with Crippen LogP contribution in [-0.2, 0) is 27.4 Å². The number of nitrogens with one attached hydrogen (secondary N) is 1. The van der Waals surface area contributed by atoms with Crippen LogP contribution < -0.4 is 10.9 Å². The number of hydrogen-bond acceptors (Lipinski definition) is 6. The van der Waals surface area contributed by atoms with Crippen LogP contribution in [0.3, 0.4) is 0 Å². The highest BCUT2D eigenvalue weighted by Gasteiger charge is 2.52. The van der Waals surface area contributed by atoms with Crippen molar-refractivity contribution >= 4 is 28.9 Å². The van der Waals surface area contributed by atoms with Crippen molar-refractivity contribution in [3.05, 3.63) is 45.8 Å². The fraction of sp³-hybridized carbons (Fsp3) is 0.429. The van der Waals surface area contributed by atoms with Crippen LogP contribution in [0.25, 0.3) is 11.0 Å². The van der Waals surface area contributed by atoms with Crippen molar-refractivity contribution in [1.82, 2.24) is 10.2 Å². The maximum Gasteiger partial charge on any atom is 0.336 e. The first-order chi connectivity index (χ1) is 13.9. The van der Waals surface area contributed by atoms with E-state index in [9.17, 15) is 19.2 Å². The first kappa shape index (κ1) is 19.2. The third-order valence-electron chi connectivity index (χ3n) is 5.68. The van der Waals surface area contributed by atoms with Gasteiger partial charge in [-0.2, -0.15) is 0 Å². The van der Waals surface area contributed by atoms with Gasteiger partial charge >= 0.3 is 17.6 Å². The highest BCUT2D eigenvalue weighted by Crippen LogP contribution is 2.35. The van der Waals surface area contributed by atoms with Crippen LogP contribution in [0.4, 0.5) is 4.79 Å². The Morgan fingerprint density at radius 3 is 2.69 bits per heavy atom. The lowest BCUT2D eigenvalue weighted by Gasteiger charge is -2.19. The van der Waals surface area contributed by atoms with Gasteiger partial charge in [0.15, 0.2) is 0 Å². The predicted octanol–water partition coefficient (Wildman–Crippen LogP) is 2.26. The van der Waals surface area contributed by atoms with Gasteiger partial charge in [0.2, 0.25) is 0 Å². The van der Waals surface area contributed by atoms with E-state index in [4.69, 9.17) is 9.15 Å². The molecule has 0 atom stereocenters. The summed E-state index contributed by atoms with van der Waals surface area (Å²) in [6.45, 7) is 1.39. The molecule has 2 fully saturated rings. The fourth-order valence-electron chi connectivity index (χ4n) is 4.08. The van der Waals surface area contributed by atoms with Crippen LogP contribution in [0.1, 0.15) is 43.7 Å². The van der Waals surface area contributed by atoms with Gasteiger partial charge in [0.25, 0.3) is 5.91 Å². The lowest BCUT2D eigenvalue weighted by molar-refractivity contribution is -0.148. The van der Waals surface area contributed by atoms with Gasteiger partial charge in [0.05, 0.1) is 0 Å². The Bertz CT molecular complexity index is 1050. The Morgan fingerprint density at radius 1 is 1.21 bits per heavy atom. The Morgan fingerprint density at radius 2 is 1.97 bits per heavy atom. The second-order valence-electron chi connectivity index (χ2n) is 7.55. The molecule has 8 heteroatoms. The van der Waals surface area contributed by atoms with Crippen molar-refractivity contribution in [2.75, 3.05) is 6.54 Å². The zero-order chi connectivity index (χ0) is 20.6. The third kappa shape index (κ3) is 3.50. The molecule has 0 unspecified atom stereocenters. The van der Waals surface area contributed by atoms with Crippen LogP contribution in [-0.4, -0.2) is 34.9 Å². The minimum absolute atomic E-state index is 0.152. The van der Waals surface area contributed by atoms with Gasteiger partial charge in [0, 0.05) is 17.0 Å². The standard InChI is InChI=1S/C21H22N2O6/c1-2-13-5-6-15-14(10-17(24)29-16(15)9-13)12-28-18(25)11-23-19(26)21(22-20(23)27)7-3-4-8-21/h5-6,9-10H,2-4,7-8,11-12H2,1H3,(H,22,27). The number of amides is 3. The summed E-state index contributed by atoms with van der Waals surface area (Å²) in [5.41, 5.74) is 0.573. The van der Waals surface area contributed by atoms with E-state index in [0.717, 1.165) is 29.7 Å². The van der Waals surface area contributed by atoms with Crippen molar-refractivity contribution in [2.24, 2.45) is 0 Å². The number of benzene rings is 1. The molecule has 2 aliphatic rings. The summed E-state index contributed by atoms with van der Waals surface area (Å²) in [6.07, 6.45) is 3.72. The number of imide groups is 1. The molecule has 1 aliphatic carbocycles. The second-order valence-corrected chi connectivity index (χ2v) is 7.55. The minimum Gasteiger partial charge on any atom is -0.459 e. The van der Waals surface area contributed by atoms with Gasteiger partial charge in [-0.3, -0.25) is 14.5 Å². The normalized spacial score (nSPS) is 17.9. The van der Waals surface area contributed by atoms with Gasteiger partial charge in [-0.25, -0.2) is 9.59 Å². The number of esters is 1. The van der Waals surface area contributed by atoms with E-state index >= 15 is 0 Å². The van der Waals surface area contributed by atoms with E-state index in [-0.39, 0.29) is 12.5 Å². The Balaban J connectivity index is 1.46. The Labute approximate surface area is 166 Å². The van der Waals surface area contributed by atoms with Crippen molar-refractivity contribution in [1.29, 1.82) is 0 Å². The highest BCUT2D eigenvalue weighted by atomic mass is 16.5. The van der Waals surface area contributed by atoms with Crippen molar-refractivity contribution in [3.8, 4) is 0 Å². The molecule has 29 heavy (non-hydrogen) atoms. The maximum atomic E-state index is 12.6. The van der Waals surface area contributed by atoms with Gasteiger partial charge in [-0.1, -0.05) is 31.9 Å². The van der Waals surface area contributed by atoms with Crippen LogP contribution >= 0.6 is 0 Å². The Kier molecular flexibility index (Phi) is 4.86. The molecule has 0 radical (unpaired) electrons. The number of carbonyl (C=O) groups excluding carboxylic acids is 3. The number of aryl methyl sites for hydroxylation is 1. The van der Waals surface area contributed by atoms with Crippen LogP contribution in [0, 0.1) is 0 Å². The molecule has 3 amide bonds. The summed E-state index contributed by atoms with van der Waals surface area (Å²) in [5, 5.41) is 3.40. The molecule has 1 spiro atoms. The summed E-state index contributed by atoms with van der Waals surface area (Å²) in [6, 6.07) is 6.24. The van der Waals surface area contributed by atoms with Crippen LogP contribution in [0.2, 0.25) is 0 Å². The predicted molar refractivity (Wildman–Crippen MR) is 103 cm³/mol. The quantitative estimate of drug-likeness (QED) is 0.470. The second kappa shape index (κ2) is 7.35. The molecule has 1 saturated heterocycles. The molecule has 2 aromatic rings. The van der Waals surface area contributed by atoms with E-state index in [1.807, 2.05) is 19.1 Å². The molecular formula is C21H22N2O6. The summed E-state index contributed by atoms with van der Waals surface area (Å²) in [5.74, 6) is -1.08. The highest BCUT2D eigenvalue weighted by molar-refractivity contribution is 6.08. The average Bonchev–Trinajstić information content (AvgIpc) is 3.26. The van der Waals surface area contributed by atoms with E-state index < -0.39 is 29.7 Å². The van der Waals surface area contributed by atoms with Gasteiger partial charge < -0.3 is 14.5 Å². The molecule has 1 N–H and O–H groups in total. The van der Waals surface area contributed by atoms with E-state index in [1.54, 1.807) is 6.07 Å². The SMILES string of the molecule is CCc1ccc2c(COC(=O)CN3C(=O)NC4(CCCC4)C3=O)cc(=O)oc2c1. The van der Waals surface area contributed by atoms with Crippen molar-refractivity contribution in [3.63, 3.8) is 0 Å². The fourth-order valence-corrected chi connectivity index (χ4v) is 4.08. The zero-order valence-corrected chi connectivity index (χ0v) is 16.2. The van der Waals surface area contributed by atoms with Gasteiger partial charge in [-0.05, 0) is 30.9 Å². The largest absolute Gasteiger partial charge is 0.459 e. The molecule has 4 rings (SSSR count). The summed E-state index contributed by atoms with van der Waals surface area (Å²) >= 11 is 0. The molecule has 152 valence electrons. The number of carbonyl (C=O) groups is 3. The number of rotatable bonds is 5. The Hall–Kier alpha value is -3.16. The topological polar surface area (TPSA) is 106 Å². The molecule has 8 nitrogen and oxygen atoms in total. The smallest absolute Gasteiger partial charge is 0.336 e. The van der Waals surface area contributed by atoms with E-state index in [0.29, 0.717) is 29.4 Å². The molecule has 2 heterocycles.